The molecule has 1 aliphatic heterocycles. The third-order valence-electron chi connectivity index (χ3n) is 7.96. The number of carboxylic acid groups (broad SMARTS) is 1. The predicted molar refractivity (Wildman–Crippen MR) is 158 cm³/mol. The number of pyridine rings is 1. The maximum Gasteiger partial charge on any atom is 0.412 e. The SMILES string of the molecule is CC(C)(C)N(C(=O)O)c1c2c(nc3c1=C(O)C(=CCC1CCN(Cc4ccccc4)CC1)CC3)=CC=CC=C2. The van der Waals surface area contributed by atoms with Crippen LogP contribution in [0.25, 0.3) is 17.9 Å². The van der Waals surface area contributed by atoms with Crippen molar-refractivity contribution in [3.8, 4) is 0 Å². The Morgan fingerprint density at radius 1 is 1.10 bits per heavy atom. The Hall–Kier alpha value is -3.64. The summed E-state index contributed by atoms with van der Waals surface area (Å²) in [6.45, 7) is 8.79. The molecule has 0 atom stereocenters. The van der Waals surface area contributed by atoms with Crippen molar-refractivity contribution in [1.82, 2.24) is 9.88 Å². The number of piperidine rings is 1. The number of benzene rings is 1. The van der Waals surface area contributed by atoms with Gasteiger partial charge in [0.25, 0.3) is 0 Å². The Morgan fingerprint density at radius 3 is 2.54 bits per heavy atom. The van der Waals surface area contributed by atoms with E-state index in [0.717, 1.165) is 61.1 Å². The Balaban J connectivity index is 1.45. The summed E-state index contributed by atoms with van der Waals surface area (Å²) in [5, 5.41) is 23.2. The molecule has 5 rings (SSSR count). The van der Waals surface area contributed by atoms with Crippen LogP contribution < -0.4 is 15.5 Å². The van der Waals surface area contributed by atoms with Crippen molar-refractivity contribution < 1.29 is 15.0 Å². The maximum atomic E-state index is 12.6. The van der Waals surface area contributed by atoms with Crippen LogP contribution in [-0.2, 0) is 13.0 Å². The van der Waals surface area contributed by atoms with E-state index < -0.39 is 11.6 Å². The van der Waals surface area contributed by atoms with E-state index in [4.69, 9.17) is 4.98 Å². The molecule has 2 aliphatic carbocycles. The van der Waals surface area contributed by atoms with Gasteiger partial charge in [0.2, 0.25) is 0 Å². The van der Waals surface area contributed by atoms with E-state index in [0.29, 0.717) is 29.7 Å². The lowest BCUT2D eigenvalue weighted by atomic mass is 9.89. The van der Waals surface area contributed by atoms with Gasteiger partial charge in [0.05, 0.1) is 21.9 Å². The largest absolute Gasteiger partial charge is 0.507 e. The summed E-state index contributed by atoms with van der Waals surface area (Å²) < 4.78 is 0. The summed E-state index contributed by atoms with van der Waals surface area (Å²) in [6.07, 6.45) is 15.2. The van der Waals surface area contributed by atoms with Gasteiger partial charge in [0.1, 0.15) is 5.76 Å². The number of nitrogens with zero attached hydrogens (tertiary/aromatic N) is 3. The molecular formula is C33H39N3O3. The molecule has 6 nitrogen and oxygen atoms in total. The smallest absolute Gasteiger partial charge is 0.412 e. The normalized spacial score (nSPS) is 18.8. The molecular weight excluding hydrogens is 486 g/mol. The van der Waals surface area contributed by atoms with Crippen LogP contribution in [0.1, 0.15) is 63.3 Å². The van der Waals surface area contributed by atoms with Crippen LogP contribution in [0.15, 0.2) is 60.2 Å². The van der Waals surface area contributed by atoms with Crippen molar-refractivity contribution in [3.63, 3.8) is 0 Å². The molecule has 0 bridgehead atoms. The zero-order valence-corrected chi connectivity index (χ0v) is 23.2. The lowest BCUT2D eigenvalue weighted by molar-refractivity contribution is 0.178. The van der Waals surface area contributed by atoms with Gasteiger partial charge in [-0.25, -0.2) is 4.79 Å². The topological polar surface area (TPSA) is 76.9 Å². The third-order valence-corrected chi connectivity index (χ3v) is 7.96. The summed E-state index contributed by atoms with van der Waals surface area (Å²) in [6, 6.07) is 10.6. The lowest BCUT2D eigenvalue weighted by Crippen LogP contribution is -2.50. The van der Waals surface area contributed by atoms with Crippen LogP contribution in [0.5, 0.6) is 0 Å². The van der Waals surface area contributed by atoms with E-state index in [2.05, 4.69) is 41.3 Å². The fourth-order valence-corrected chi connectivity index (χ4v) is 5.95. The van der Waals surface area contributed by atoms with Crippen LogP contribution in [0.4, 0.5) is 10.5 Å². The molecule has 0 saturated carbocycles. The van der Waals surface area contributed by atoms with Crippen molar-refractivity contribution in [2.24, 2.45) is 5.92 Å². The fraction of sp³-hybridized carbons (Fsp3) is 0.394. The number of rotatable bonds is 5. The first-order chi connectivity index (χ1) is 18.7. The molecule has 2 heterocycles. The number of aliphatic hydroxyl groups is 1. The molecule has 0 spiro atoms. The minimum Gasteiger partial charge on any atom is -0.507 e. The highest BCUT2D eigenvalue weighted by Crippen LogP contribution is 2.30. The zero-order chi connectivity index (χ0) is 27.6. The Morgan fingerprint density at radius 2 is 1.85 bits per heavy atom. The van der Waals surface area contributed by atoms with Gasteiger partial charge < -0.3 is 10.2 Å². The first-order valence-corrected chi connectivity index (χ1v) is 14.0. The average molecular weight is 526 g/mol. The van der Waals surface area contributed by atoms with Gasteiger partial charge >= 0.3 is 6.09 Å². The number of hydrogen-bond donors (Lipinski definition) is 2. The lowest BCUT2D eigenvalue weighted by Gasteiger charge is -2.35. The Bertz CT molecular complexity index is 1440. The summed E-state index contributed by atoms with van der Waals surface area (Å²) in [7, 11) is 0. The van der Waals surface area contributed by atoms with Crippen molar-refractivity contribution in [2.45, 2.75) is 65.0 Å². The molecule has 3 aliphatic rings. The molecule has 1 aromatic heterocycles. The van der Waals surface area contributed by atoms with E-state index in [9.17, 15) is 15.0 Å². The molecule has 2 N–H and O–H groups in total. The monoisotopic (exact) mass is 525 g/mol. The van der Waals surface area contributed by atoms with E-state index >= 15 is 0 Å². The van der Waals surface area contributed by atoms with E-state index in [-0.39, 0.29) is 5.76 Å². The van der Waals surface area contributed by atoms with E-state index in [1.165, 1.54) is 10.5 Å². The molecule has 1 aromatic carbocycles. The summed E-state index contributed by atoms with van der Waals surface area (Å²) in [5.74, 6) is 0.751. The molecule has 204 valence electrons. The standard InChI is InChI=1S/C33H39N3O3/c1-33(2,3)36(32(38)39)30-26-12-8-5-9-13-27(26)34-28-17-16-25(31(37)29(28)30)15-14-23-18-20-35(21-19-23)22-24-10-6-4-7-11-24/h4-13,15,23,37H,14,16-22H2,1-3H3,(H,38,39). The molecule has 0 radical (unpaired) electrons. The number of carbonyl (C=O) groups is 1. The molecule has 1 fully saturated rings. The number of fused-ring (bicyclic) bond motifs is 2. The molecule has 1 amide bonds. The van der Waals surface area contributed by atoms with Gasteiger partial charge in [-0.05, 0) is 89.1 Å². The highest BCUT2D eigenvalue weighted by Gasteiger charge is 2.34. The predicted octanol–water partition coefficient (Wildman–Crippen LogP) is 5.57. The van der Waals surface area contributed by atoms with Gasteiger partial charge in [0.15, 0.2) is 0 Å². The second kappa shape index (κ2) is 11.2. The van der Waals surface area contributed by atoms with Gasteiger partial charge in [-0.1, -0.05) is 60.7 Å². The summed E-state index contributed by atoms with van der Waals surface area (Å²) in [5.41, 5.74) is 3.53. The quantitative estimate of drug-likeness (QED) is 0.534. The molecule has 39 heavy (non-hydrogen) atoms. The number of aryl methyl sites for hydroxylation is 1. The van der Waals surface area contributed by atoms with E-state index in [1.54, 1.807) is 0 Å². The number of aromatic nitrogens is 1. The Labute approximate surface area is 231 Å². The van der Waals surface area contributed by atoms with Crippen molar-refractivity contribution in [3.05, 3.63) is 87.6 Å². The summed E-state index contributed by atoms with van der Waals surface area (Å²) in [4.78, 5) is 21.4. The molecule has 6 heteroatoms. The van der Waals surface area contributed by atoms with Crippen molar-refractivity contribution in [1.29, 1.82) is 0 Å². The number of aliphatic hydroxyl groups excluding tert-OH is 1. The number of allylic oxidation sites excluding steroid dienone is 4. The van der Waals surface area contributed by atoms with Crippen LogP contribution in [0.3, 0.4) is 0 Å². The van der Waals surface area contributed by atoms with Crippen LogP contribution in [0.2, 0.25) is 0 Å². The van der Waals surface area contributed by atoms with Crippen LogP contribution in [-0.4, -0.2) is 44.8 Å². The Kier molecular flexibility index (Phi) is 7.76. The number of amides is 1. The highest BCUT2D eigenvalue weighted by atomic mass is 16.4. The second-order valence-electron chi connectivity index (χ2n) is 11.8. The molecule has 0 unspecified atom stereocenters. The van der Waals surface area contributed by atoms with Crippen molar-refractivity contribution >= 4 is 29.7 Å². The fourth-order valence-electron chi connectivity index (χ4n) is 5.95. The minimum absolute atomic E-state index is 0.171. The maximum absolute atomic E-state index is 12.6. The average Bonchev–Trinajstić information content (AvgIpc) is 3.14. The second-order valence-corrected chi connectivity index (χ2v) is 11.8. The van der Waals surface area contributed by atoms with Gasteiger partial charge in [0, 0.05) is 17.6 Å². The first kappa shape index (κ1) is 26.9. The first-order valence-electron chi connectivity index (χ1n) is 14.0. The van der Waals surface area contributed by atoms with E-state index in [1.807, 2.05) is 51.2 Å². The number of anilines is 1. The van der Waals surface area contributed by atoms with Crippen LogP contribution >= 0.6 is 0 Å². The highest BCUT2D eigenvalue weighted by molar-refractivity contribution is 5.92. The van der Waals surface area contributed by atoms with Crippen LogP contribution in [0, 0.1) is 5.92 Å². The number of hydrogen-bond acceptors (Lipinski definition) is 4. The minimum atomic E-state index is -1.05. The summed E-state index contributed by atoms with van der Waals surface area (Å²) >= 11 is 0. The third kappa shape index (κ3) is 5.86. The zero-order valence-electron chi connectivity index (χ0n) is 23.2. The molecule has 2 aromatic rings. The van der Waals surface area contributed by atoms with Gasteiger partial charge in [-0.15, -0.1) is 0 Å². The van der Waals surface area contributed by atoms with Gasteiger partial charge in [-0.3, -0.25) is 14.8 Å². The number of likely N-dealkylation sites (tertiary alicyclic amines) is 1. The van der Waals surface area contributed by atoms with Crippen molar-refractivity contribution in [2.75, 3.05) is 18.0 Å². The van der Waals surface area contributed by atoms with Gasteiger partial charge in [-0.2, -0.15) is 0 Å². The molecule has 1 saturated heterocycles.